The average molecular weight is 275 g/mol. The molecule has 2 aromatic rings. The van der Waals surface area contributed by atoms with Crippen LogP contribution in [0.25, 0.3) is 0 Å². The molecule has 0 aliphatic carbocycles. The molecule has 0 aliphatic rings. The van der Waals surface area contributed by atoms with E-state index in [0.717, 1.165) is 5.69 Å². The lowest BCUT2D eigenvalue weighted by Gasteiger charge is -2.09. The van der Waals surface area contributed by atoms with Crippen molar-refractivity contribution in [3.63, 3.8) is 0 Å². The predicted octanol–water partition coefficient (Wildman–Crippen LogP) is 4.11. The van der Waals surface area contributed by atoms with E-state index in [9.17, 15) is 4.79 Å². The molecule has 1 heterocycles. The lowest BCUT2D eigenvalue weighted by molar-refractivity contribution is 0.102. The molecule has 1 aromatic carbocycles. The second-order valence-electron chi connectivity index (χ2n) is 4.60. The van der Waals surface area contributed by atoms with Crippen LogP contribution in [0.1, 0.15) is 35.7 Å². The van der Waals surface area contributed by atoms with Gasteiger partial charge in [-0.25, -0.2) is 4.98 Å². The summed E-state index contributed by atoms with van der Waals surface area (Å²) in [4.78, 5) is 15.9. The van der Waals surface area contributed by atoms with Crippen LogP contribution in [0.3, 0.4) is 0 Å². The summed E-state index contributed by atoms with van der Waals surface area (Å²) in [5, 5.41) is 3.16. The van der Waals surface area contributed by atoms with Gasteiger partial charge in [0, 0.05) is 17.4 Å². The summed E-state index contributed by atoms with van der Waals surface area (Å²) in [7, 11) is 0. The fourth-order valence-corrected chi connectivity index (χ4v) is 1.90. The number of nitrogens with zero attached hydrogens (tertiary/aromatic N) is 1. The highest BCUT2D eigenvalue weighted by Crippen LogP contribution is 2.19. The van der Waals surface area contributed by atoms with Gasteiger partial charge in [0.2, 0.25) is 0 Å². The van der Waals surface area contributed by atoms with Crippen molar-refractivity contribution in [2.24, 2.45) is 0 Å². The molecule has 0 bridgehead atoms. The molecule has 98 valence electrons. The molecule has 1 aromatic heterocycles. The number of aromatic nitrogens is 1. The first-order chi connectivity index (χ1) is 9.06. The zero-order valence-corrected chi connectivity index (χ0v) is 11.6. The molecular weight excluding hydrogens is 260 g/mol. The minimum atomic E-state index is -0.190. The van der Waals surface area contributed by atoms with Crippen LogP contribution < -0.4 is 5.32 Å². The third-order valence-electron chi connectivity index (χ3n) is 2.80. The van der Waals surface area contributed by atoms with E-state index in [1.165, 1.54) is 11.8 Å². The molecule has 0 spiro atoms. The monoisotopic (exact) mass is 274 g/mol. The fraction of sp³-hybridized carbons (Fsp3) is 0.200. The molecule has 3 nitrogen and oxygen atoms in total. The first-order valence-corrected chi connectivity index (χ1v) is 6.47. The van der Waals surface area contributed by atoms with E-state index in [2.05, 4.69) is 24.1 Å². The number of benzene rings is 1. The fourth-order valence-electron chi connectivity index (χ4n) is 1.72. The summed E-state index contributed by atoms with van der Waals surface area (Å²) < 4.78 is 0. The van der Waals surface area contributed by atoms with Crippen molar-refractivity contribution in [1.29, 1.82) is 0 Å². The highest BCUT2D eigenvalue weighted by molar-refractivity contribution is 6.29. The molecule has 2 rings (SSSR count). The number of rotatable bonds is 3. The third kappa shape index (κ3) is 3.55. The van der Waals surface area contributed by atoms with Crippen LogP contribution in [0.2, 0.25) is 5.15 Å². The Hall–Kier alpha value is -1.87. The molecular formula is C15H15ClN2O. The van der Waals surface area contributed by atoms with Crippen molar-refractivity contribution in [2.75, 3.05) is 5.32 Å². The SMILES string of the molecule is CC(C)c1cccc(NC(=O)c2ccnc(Cl)c2)c1. The second-order valence-corrected chi connectivity index (χ2v) is 4.99. The van der Waals surface area contributed by atoms with Crippen LogP contribution in [0.5, 0.6) is 0 Å². The number of pyridine rings is 1. The Labute approximate surface area is 117 Å². The van der Waals surface area contributed by atoms with E-state index < -0.39 is 0 Å². The number of carbonyl (C=O) groups excluding carboxylic acids is 1. The highest BCUT2D eigenvalue weighted by Gasteiger charge is 2.08. The Bertz CT molecular complexity index is 596. The maximum atomic E-state index is 12.0. The van der Waals surface area contributed by atoms with Gasteiger partial charge < -0.3 is 5.32 Å². The molecule has 0 atom stereocenters. The highest BCUT2D eigenvalue weighted by atomic mass is 35.5. The van der Waals surface area contributed by atoms with Crippen molar-refractivity contribution in [3.8, 4) is 0 Å². The second kappa shape index (κ2) is 5.85. The standard InChI is InChI=1S/C15H15ClN2O/c1-10(2)11-4-3-5-13(8-11)18-15(19)12-6-7-17-14(16)9-12/h3-10H,1-2H3,(H,18,19). The van der Waals surface area contributed by atoms with Crippen molar-refractivity contribution in [3.05, 3.63) is 58.9 Å². The van der Waals surface area contributed by atoms with Crippen molar-refractivity contribution in [2.45, 2.75) is 19.8 Å². The van der Waals surface area contributed by atoms with Crippen LogP contribution in [0.15, 0.2) is 42.6 Å². The smallest absolute Gasteiger partial charge is 0.255 e. The molecule has 0 unspecified atom stereocenters. The number of amides is 1. The van der Waals surface area contributed by atoms with Gasteiger partial charge in [-0.1, -0.05) is 37.6 Å². The van der Waals surface area contributed by atoms with E-state index in [-0.39, 0.29) is 5.91 Å². The number of anilines is 1. The largest absolute Gasteiger partial charge is 0.322 e. The predicted molar refractivity (Wildman–Crippen MR) is 77.7 cm³/mol. The molecule has 1 amide bonds. The van der Waals surface area contributed by atoms with Gasteiger partial charge in [0.05, 0.1) is 0 Å². The number of hydrogen-bond donors (Lipinski definition) is 1. The summed E-state index contributed by atoms with van der Waals surface area (Å²) in [6, 6.07) is 11.0. The summed E-state index contributed by atoms with van der Waals surface area (Å²) in [5.41, 5.74) is 2.46. The Morgan fingerprint density at radius 3 is 2.74 bits per heavy atom. The van der Waals surface area contributed by atoms with E-state index in [4.69, 9.17) is 11.6 Å². The molecule has 0 saturated carbocycles. The van der Waals surface area contributed by atoms with Crippen molar-refractivity contribution < 1.29 is 4.79 Å². The zero-order valence-electron chi connectivity index (χ0n) is 10.9. The van der Waals surface area contributed by atoms with Gasteiger partial charge in [0.15, 0.2) is 0 Å². The van der Waals surface area contributed by atoms with E-state index in [1.54, 1.807) is 12.1 Å². The molecule has 0 radical (unpaired) electrons. The van der Waals surface area contributed by atoms with E-state index in [0.29, 0.717) is 16.6 Å². The summed E-state index contributed by atoms with van der Waals surface area (Å²) in [6.07, 6.45) is 1.52. The van der Waals surface area contributed by atoms with Gasteiger partial charge in [-0.05, 0) is 35.7 Å². The van der Waals surface area contributed by atoms with Gasteiger partial charge in [-0.3, -0.25) is 4.79 Å². The number of nitrogens with one attached hydrogen (secondary N) is 1. The summed E-state index contributed by atoms with van der Waals surface area (Å²) in [6.45, 7) is 4.23. The third-order valence-corrected chi connectivity index (χ3v) is 3.01. The first kappa shape index (κ1) is 13.6. The Morgan fingerprint density at radius 1 is 1.26 bits per heavy atom. The summed E-state index contributed by atoms with van der Waals surface area (Å²) in [5.74, 6) is 0.234. The lowest BCUT2D eigenvalue weighted by Crippen LogP contribution is -2.12. The number of hydrogen-bond acceptors (Lipinski definition) is 2. The van der Waals surface area contributed by atoms with Gasteiger partial charge in [-0.15, -0.1) is 0 Å². The van der Waals surface area contributed by atoms with E-state index >= 15 is 0 Å². The summed E-state index contributed by atoms with van der Waals surface area (Å²) >= 11 is 5.77. The molecule has 0 aliphatic heterocycles. The first-order valence-electron chi connectivity index (χ1n) is 6.09. The van der Waals surface area contributed by atoms with Gasteiger partial charge in [-0.2, -0.15) is 0 Å². The van der Waals surface area contributed by atoms with Gasteiger partial charge in [0.1, 0.15) is 5.15 Å². The Kier molecular flexibility index (Phi) is 4.17. The maximum Gasteiger partial charge on any atom is 0.255 e. The van der Waals surface area contributed by atoms with Crippen molar-refractivity contribution >= 4 is 23.2 Å². The van der Waals surface area contributed by atoms with E-state index in [1.807, 2.05) is 24.3 Å². The normalized spacial score (nSPS) is 10.5. The quantitative estimate of drug-likeness (QED) is 0.856. The van der Waals surface area contributed by atoms with Crippen LogP contribution in [-0.4, -0.2) is 10.9 Å². The van der Waals surface area contributed by atoms with Crippen LogP contribution in [0.4, 0.5) is 5.69 Å². The molecule has 19 heavy (non-hydrogen) atoms. The Morgan fingerprint density at radius 2 is 2.05 bits per heavy atom. The lowest BCUT2D eigenvalue weighted by atomic mass is 10.0. The van der Waals surface area contributed by atoms with Crippen LogP contribution in [-0.2, 0) is 0 Å². The van der Waals surface area contributed by atoms with Crippen molar-refractivity contribution in [1.82, 2.24) is 4.98 Å². The minimum Gasteiger partial charge on any atom is -0.322 e. The average Bonchev–Trinajstić information content (AvgIpc) is 2.39. The van der Waals surface area contributed by atoms with Gasteiger partial charge >= 0.3 is 0 Å². The molecule has 0 saturated heterocycles. The number of halogens is 1. The van der Waals surface area contributed by atoms with Crippen LogP contribution in [0, 0.1) is 0 Å². The Balaban J connectivity index is 2.17. The molecule has 0 fully saturated rings. The molecule has 1 N–H and O–H groups in total. The topological polar surface area (TPSA) is 42.0 Å². The van der Waals surface area contributed by atoms with Gasteiger partial charge in [0.25, 0.3) is 5.91 Å². The zero-order chi connectivity index (χ0) is 13.8. The number of carbonyl (C=O) groups is 1. The minimum absolute atomic E-state index is 0.190. The van der Waals surface area contributed by atoms with Crippen LogP contribution >= 0.6 is 11.6 Å². The molecule has 4 heteroatoms. The maximum absolute atomic E-state index is 12.0.